The number of carbonyl (C=O) groups is 1. The molecule has 0 radical (unpaired) electrons. The average molecular weight is 334 g/mol. The molecule has 0 spiro atoms. The molecule has 0 unspecified atom stereocenters. The van der Waals surface area contributed by atoms with Crippen LogP contribution in [0.3, 0.4) is 0 Å². The average Bonchev–Trinajstić information content (AvgIpc) is 2.59. The molecule has 0 saturated carbocycles. The Morgan fingerprint density at radius 2 is 1.96 bits per heavy atom. The molecular formula is C16H16F2N4O2. The maximum absolute atomic E-state index is 14.4. The van der Waals surface area contributed by atoms with Gasteiger partial charge in [0.05, 0.1) is 11.3 Å². The quantitative estimate of drug-likeness (QED) is 0.895. The van der Waals surface area contributed by atoms with E-state index in [4.69, 9.17) is 5.11 Å². The molecule has 126 valence electrons. The van der Waals surface area contributed by atoms with Crippen molar-refractivity contribution in [2.75, 3.05) is 16.8 Å². The van der Waals surface area contributed by atoms with Gasteiger partial charge in [-0.15, -0.1) is 0 Å². The number of carboxylic acid groups (broad SMARTS) is 1. The fraction of sp³-hybridized carbons (Fsp3) is 0.312. The summed E-state index contributed by atoms with van der Waals surface area (Å²) in [6.45, 7) is 0.521. The number of aromatic nitrogens is 2. The van der Waals surface area contributed by atoms with Crippen molar-refractivity contribution < 1.29 is 18.7 Å². The Labute approximate surface area is 137 Å². The van der Waals surface area contributed by atoms with Crippen LogP contribution in [0, 0.1) is 11.6 Å². The topological polar surface area (TPSA) is 78.4 Å². The van der Waals surface area contributed by atoms with Gasteiger partial charge in [0.25, 0.3) is 0 Å². The van der Waals surface area contributed by atoms with E-state index in [9.17, 15) is 13.6 Å². The Morgan fingerprint density at radius 1 is 1.21 bits per heavy atom. The summed E-state index contributed by atoms with van der Waals surface area (Å²) in [5.41, 5.74) is -0.644. The van der Waals surface area contributed by atoms with E-state index in [0.29, 0.717) is 18.9 Å². The van der Waals surface area contributed by atoms with E-state index in [2.05, 4.69) is 15.3 Å². The predicted octanol–water partition coefficient (Wildman–Crippen LogP) is 2.88. The molecule has 24 heavy (non-hydrogen) atoms. The number of hydrogen-bond acceptors (Lipinski definition) is 5. The second-order valence-electron chi connectivity index (χ2n) is 5.49. The van der Waals surface area contributed by atoms with Gasteiger partial charge in [0.1, 0.15) is 6.17 Å². The Bertz CT molecular complexity index is 742. The molecule has 2 N–H and O–H groups in total. The lowest BCUT2D eigenvalue weighted by Gasteiger charge is -2.38. The van der Waals surface area contributed by atoms with Crippen LogP contribution >= 0.6 is 0 Å². The molecule has 2 aromatic rings. The Morgan fingerprint density at radius 3 is 2.67 bits per heavy atom. The highest BCUT2D eigenvalue weighted by Gasteiger charge is 2.28. The fourth-order valence-electron chi connectivity index (χ4n) is 2.82. The summed E-state index contributed by atoms with van der Waals surface area (Å²) in [5, 5.41) is 12.0. The van der Waals surface area contributed by atoms with Crippen molar-refractivity contribution in [3.63, 3.8) is 0 Å². The van der Waals surface area contributed by atoms with E-state index in [1.807, 2.05) is 0 Å². The van der Waals surface area contributed by atoms with Gasteiger partial charge in [0, 0.05) is 18.9 Å². The number of carboxylic acids is 1. The number of halogens is 2. The second kappa shape index (κ2) is 6.77. The Hall–Kier alpha value is -2.77. The van der Waals surface area contributed by atoms with Gasteiger partial charge >= 0.3 is 5.97 Å². The molecule has 1 aliphatic heterocycles. The zero-order valence-corrected chi connectivity index (χ0v) is 12.7. The van der Waals surface area contributed by atoms with Gasteiger partial charge in [-0.1, -0.05) is 0 Å². The van der Waals surface area contributed by atoms with Crippen molar-refractivity contribution in [3.05, 3.63) is 47.8 Å². The first kappa shape index (κ1) is 16.1. The zero-order valence-electron chi connectivity index (χ0n) is 12.7. The van der Waals surface area contributed by atoms with Crippen molar-refractivity contribution in [2.24, 2.45) is 0 Å². The minimum Gasteiger partial charge on any atom is -0.478 e. The first-order chi connectivity index (χ1) is 11.6. The summed E-state index contributed by atoms with van der Waals surface area (Å²) in [6, 6.07) is 4.07. The molecule has 0 amide bonds. The van der Waals surface area contributed by atoms with Crippen LogP contribution in [-0.4, -0.2) is 33.8 Å². The molecule has 1 atom stereocenters. The van der Waals surface area contributed by atoms with Crippen LogP contribution in [0.25, 0.3) is 0 Å². The lowest BCUT2D eigenvalue weighted by atomic mass is 10.1. The van der Waals surface area contributed by atoms with Crippen LogP contribution in [0.4, 0.5) is 20.4 Å². The number of aromatic carboxylic acids is 1. The lowest BCUT2D eigenvalue weighted by molar-refractivity contribution is 0.0690. The molecule has 1 aromatic heterocycles. The van der Waals surface area contributed by atoms with E-state index in [0.717, 1.165) is 18.9 Å². The van der Waals surface area contributed by atoms with Crippen LogP contribution < -0.4 is 10.2 Å². The molecular weight excluding hydrogens is 318 g/mol. The normalized spacial score (nSPS) is 17.6. The molecule has 1 aliphatic rings. The molecule has 2 heterocycles. The predicted molar refractivity (Wildman–Crippen MR) is 84.0 cm³/mol. The van der Waals surface area contributed by atoms with Gasteiger partial charge in [-0.3, -0.25) is 0 Å². The van der Waals surface area contributed by atoms with Gasteiger partial charge in [-0.2, -0.15) is 0 Å². The van der Waals surface area contributed by atoms with Crippen molar-refractivity contribution >= 4 is 17.6 Å². The lowest BCUT2D eigenvalue weighted by Crippen LogP contribution is -2.45. The molecule has 1 fully saturated rings. The summed E-state index contributed by atoms with van der Waals surface area (Å²) in [6.07, 6.45) is 5.34. The smallest absolute Gasteiger partial charge is 0.338 e. The van der Waals surface area contributed by atoms with Gasteiger partial charge in [0.15, 0.2) is 11.6 Å². The highest BCUT2D eigenvalue weighted by Crippen LogP contribution is 2.30. The van der Waals surface area contributed by atoms with E-state index in [1.54, 1.807) is 23.4 Å². The number of nitrogens with zero attached hydrogens (tertiary/aromatic N) is 3. The third-order valence-electron chi connectivity index (χ3n) is 3.97. The highest BCUT2D eigenvalue weighted by atomic mass is 19.2. The number of anilines is 2. The first-order valence-corrected chi connectivity index (χ1v) is 7.59. The maximum Gasteiger partial charge on any atom is 0.338 e. The summed E-state index contributed by atoms with van der Waals surface area (Å²) in [7, 11) is 0. The van der Waals surface area contributed by atoms with Gasteiger partial charge < -0.3 is 15.3 Å². The monoisotopic (exact) mass is 334 g/mol. The SMILES string of the molecule is O=C(O)c1ccc(N2CCCC[C@H]2Nc2ncccn2)c(F)c1F. The van der Waals surface area contributed by atoms with Gasteiger partial charge in [-0.05, 0) is 37.5 Å². The molecule has 1 saturated heterocycles. The van der Waals surface area contributed by atoms with Crippen molar-refractivity contribution in [2.45, 2.75) is 25.4 Å². The largest absolute Gasteiger partial charge is 0.478 e. The van der Waals surface area contributed by atoms with Crippen LogP contribution in [0.1, 0.15) is 29.6 Å². The van der Waals surface area contributed by atoms with E-state index in [-0.39, 0.29) is 11.9 Å². The summed E-state index contributed by atoms with van der Waals surface area (Å²) >= 11 is 0. The summed E-state index contributed by atoms with van der Waals surface area (Å²) in [4.78, 5) is 20.8. The minimum absolute atomic E-state index is 0.0330. The summed E-state index contributed by atoms with van der Waals surface area (Å²) < 4.78 is 28.4. The van der Waals surface area contributed by atoms with Crippen LogP contribution in [-0.2, 0) is 0 Å². The van der Waals surface area contributed by atoms with Crippen LogP contribution in [0.2, 0.25) is 0 Å². The number of rotatable bonds is 4. The standard InChI is InChI=1S/C16H16F2N4O2/c17-13-10(15(23)24)5-6-11(14(13)18)22-9-2-1-4-12(22)21-16-19-7-3-8-20-16/h3,5-8,12H,1-2,4,9H2,(H,23,24)(H,19,20,21)/t12-/m0/s1. The van der Waals surface area contributed by atoms with E-state index < -0.39 is 23.2 Å². The molecule has 8 heteroatoms. The molecule has 6 nitrogen and oxygen atoms in total. The number of hydrogen-bond donors (Lipinski definition) is 2. The van der Waals surface area contributed by atoms with Gasteiger partial charge in [-0.25, -0.2) is 23.5 Å². The zero-order chi connectivity index (χ0) is 17.1. The van der Waals surface area contributed by atoms with Crippen LogP contribution in [0.5, 0.6) is 0 Å². The minimum atomic E-state index is -1.50. The van der Waals surface area contributed by atoms with Gasteiger partial charge in [0.2, 0.25) is 5.95 Å². The number of nitrogens with one attached hydrogen (secondary N) is 1. The number of benzene rings is 1. The highest BCUT2D eigenvalue weighted by molar-refractivity contribution is 5.88. The third-order valence-corrected chi connectivity index (χ3v) is 3.97. The second-order valence-corrected chi connectivity index (χ2v) is 5.49. The van der Waals surface area contributed by atoms with Crippen molar-refractivity contribution in [1.29, 1.82) is 0 Å². The Balaban J connectivity index is 1.91. The fourth-order valence-corrected chi connectivity index (χ4v) is 2.82. The molecule has 3 rings (SSSR count). The number of piperidine rings is 1. The van der Waals surface area contributed by atoms with Crippen LogP contribution in [0.15, 0.2) is 30.6 Å². The Kier molecular flexibility index (Phi) is 4.54. The molecule has 1 aromatic carbocycles. The summed E-state index contributed by atoms with van der Waals surface area (Å²) in [5.74, 6) is -3.60. The molecule has 0 aliphatic carbocycles. The maximum atomic E-state index is 14.4. The van der Waals surface area contributed by atoms with Crippen molar-refractivity contribution in [1.82, 2.24) is 9.97 Å². The van der Waals surface area contributed by atoms with Crippen molar-refractivity contribution in [3.8, 4) is 0 Å². The third kappa shape index (κ3) is 3.12. The molecule has 0 bridgehead atoms. The van der Waals surface area contributed by atoms with E-state index >= 15 is 0 Å². The van der Waals surface area contributed by atoms with E-state index in [1.165, 1.54) is 6.07 Å². The first-order valence-electron chi connectivity index (χ1n) is 7.59.